The van der Waals surface area contributed by atoms with Gasteiger partial charge in [-0.15, -0.1) is 0 Å². The standard InChI is InChI=1S/C10H9BrF2N2/c1-5-4-14-10(15-5)7-2-6(12)3-8(13)9(7)11/h2-3,5H,4H2,1H3,(H,14,15). The lowest BCUT2D eigenvalue weighted by Gasteiger charge is -2.08. The van der Waals surface area contributed by atoms with Crippen molar-refractivity contribution >= 4 is 21.8 Å². The fraction of sp³-hybridized carbons (Fsp3) is 0.300. The summed E-state index contributed by atoms with van der Waals surface area (Å²) in [5.41, 5.74) is 0.428. The maximum Gasteiger partial charge on any atom is 0.141 e. The van der Waals surface area contributed by atoms with Gasteiger partial charge in [0, 0.05) is 17.7 Å². The monoisotopic (exact) mass is 274 g/mol. The summed E-state index contributed by atoms with van der Waals surface area (Å²) in [6, 6.07) is 2.31. The lowest BCUT2D eigenvalue weighted by Crippen LogP contribution is -2.28. The van der Waals surface area contributed by atoms with Gasteiger partial charge in [0.05, 0.1) is 11.0 Å². The van der Waals surface area contributed by atoms with E-state index in [1.165, 1.54) is 6.07 Å². The summed E-state index contributed by atoms with van der Waals surface area (Å²) in [6.45, 7) is 2.58. The highest BCUT2D eigenvalue weighted by atomic mass is 79.9. The minimum absolute atomic E-state index is 0.207. The minimum Gasteiger partial charge on any atom is -0.366 e. The molecule has 0 spiro atoms. The maximum absolute atomic E-state index is 13.2. The van der Waals surface area contributed by atoms with E-state index in [-0.39, 0.29) is 10.5 Å². The molecule has 0 aliphatic carbocycles. The van der Waals surface area contributed by atoms with Crippen molar-refractivity contribution in [3.63, 3.8) is 0 Å². The van der Waals surface area contributed by atoms with Gasteiger partial charge in [0.25, 0.3) is 0 Å². The molecule has 0 fully saturated rings. The second kappa shape index (κ2) is 3.89. The Morgan fingerprint density at radius 1 is 1.47 bits per heavy atom. The molecule has 1 N–H and O–H groups in total. The van der Waals surface area contributed by atoms with Crippen molar-refractivity contribution < 1.29 is 8.78 Å². The molecule has 0 bridgehead atoms. The highest BCUT2D eigenvalue weighted by molar-refractivity contribution is 9.10. The molecule has 2 nitrogen and oxygen atoms in total. The quantitative estimate of drug-likeness (QED) is 0.782. The molecule has 0 radical (unpaired) electrons. The molecule has 0 saturated carbocycles. The number of aliphatic imine (C=N–C) groups is 1. The Morgan fingerprint density at radius 2 is 2.20 bits per heavy atom. The molecule has 1 aromatic rings. The van der Waals surface area contributed by atoms with Crippen LogP contribution in [0.2, 0.25) is 0 Å². The average Bonchev–Trinajstić information content (AvgIpc) is 2.58. The first-order valence-electron chi connectivity index (χ1n) is 4.54. The van der Waals surface area contributed by atoms with Crippen molar-refractivity contribution in [1.29, 1.82) is 0 Å². The summed E-state index contributed by atoms with van der Waals surface area (Å²) in [7, 11) is 0. The fourth-order valence-electron chi connectivity index (χ4n) is 1.44. The van der Waals surface area contributed by atoms with E-state index < -0.39 is 11.6 Å². The van der Waals surface area contributed by atoms with E-state index in [1.54, 1.807) is 0 Å². The second-order valence-corrected chi connectivity index (χ2v) is 4.28. The topological polar surface area (TPSA) is 24.4 Å². The van der Waals surface area contributed by atoms with Crippen molar-refractivity contribution in [2.75, 3.05) is 6.54 Å². The van der Waals surface area contributed by atoms with Gasteiger partial charge in [-0.05, 0) is 28.9 Å². The highest BCUT2D eigenvalue weighted by Gasteiger charge is 2.19. The molecular weight excluding hydrogens is 266 g/mol. The van der Waals surface area contributed by atoms with Gasteiger partial charge in [-0.25, -0.2) is 8.78 Å². The Morgan fingerprint density at radius 3 is 2.80 bits per heavy atom. The zero-order valence-corrected chi connectivity index (χ0v) is 9.61. The molecule has 1 aliphatic heterocycles. The molecule has 1 unspecified atom stereocenters. The Hall–Kier alpha value is -0.970. The number of benzene rings is 1. The third-order valence-corrected chi connectivity index (χ3v) is 2.96. The van der Waals surface area contributed by atoms with Crippen molar-refractivity contribution in [3.8, 4) is 0 Å². The first-order valence-corrected chi connectivity index (χ1v) is 5.33. The maximum atomic E-state index is 13.2. The summed E-state index contributed by atoms with van der Waals surface area (Å²) in [4.78, 5) is 4.17. The predicted molar refractivity (Wildman–Crippen MR) is 58.1 cm³/mol. The molecule has 1 atom stereocenters. The fourth-order valence-corrected chi connectivity index (χ4v) is 1.86. The van der Waals surface area contributed by atoms with Gasteiger partial charge in [0.15, 0.2) is 0 Å². The first kappa shape index (κ1) is 10.5. The highest BCUT2D eigenvalue weighted by Crippen LogP contribution is 2.23. The summed E-state index contributed by atoms with van der Waals surface area (Å²) in [6.07, 6.45) is 0. The zero-order chi connectivity index (χ0) is 11.0. The minimum atomic E-state index is -0.617. The van der Waals surface area contributed by atoms with E-state index in [4.69, 9.17) is 0 Å². The van der Waals surface area contributed by atoms with E-state index in [0.29, 0.717) is 17.9 Å². The molecule has 0 saturated heterocycles. The number of rotatable bonds is 1. The molecule has 0 amide bonds. The van der Waals surface area contributed by atoms with E-state index in [9.17, 15) is 8.78 Å². The van der Waals surface area contributed by atoms with Gasteiger partial charge in [-0.3, -0.25) is 4.99 Å². The number of amidine groups is 1. The van der Waals surface area contributed by atoms with Crippen LogP contribution in [0.4, 0.5) is 8.78 Å². The lowest BCUT2D eigenvalue weighted by molar-refractivity contribution is 0.578. The van der Waals surface area contributed by atoms with Crippen molar-refractivity contribution in [2.45, 2.75) is 13.0 Å². The summed E-state index contributed by atoms with van der Waals surface area (Å²) in [5.74, 6) is -0.684. The molecule has 2 rings (SSSR count). The van der Waals surface area contributed by atoms with E-state index in [0.717, 1.165) is 6.07 Å². The van der Waals surface area contributed by atoms with Gasteiger partial charge in [-0.2, -0.15) is 0 Å². The van der Waals surface area contributed by atoms with Crippen LogP contribution in [0, 0.1) is 11.6 Å². The molecular formula is C10H9BrF2N2. The van der Waals surface area contributed by atoms with Gasteiger partial charge in [-0.1, -0.05) is 0 Å². The molecule has 5 heteroatoms. The number of nitrogens with one attached hydrogen (secondary N) is 1. The van der Waals surface area contributed by atoms with Gasteiger partial charge >= 0.3 is 0 Å². The van der Waals surface area contributed by atoms with Crippen LogP contribution in [-0.4, -0.2) is 18.4 Å². The largest absolute Gasteiger partial charge is 0.366 e. The number of hydrogen-bond acceptors (Lipinski definition) is 2. The second-order valence-electron chi connectivity index (χ2n) is 3.48. The Bertz CT molecular complexity index is 432. The Kier molecular flexibility index (Phi) is 2.73. The van der Waals surface area contributed by atoms with Crippen LogP contribution in [0.1, 0.15) is 12.5 Å². The van der Waals surface area contributed by atoms with Crippen LogP contribution in [0.3, 0.4) is 0 Å². The van der Waals surface area contributed by atoms with Crippen molar-refractivity contribution in [3.05, 3.63) is 33.8 Å². The Labute approximate surface area is 94.5 Å². The van der Waals surface area contributed by atoms with E-state index in [1.807, 2.05) is 6.92 Å². The molecule has 15 heavy (non-hydrogen) atoms. The number of halogens is 3. The normalized spacial score (nSPS) is 20.0. The van der Waals surface area contributed by atoms with Crippen LogP contribution in [0.25, 0.3) is 0 Å². The van der Waals surface area contributed by atoms with Gasteiger partial charge < -0.3 is 5.32 Å². The summed E-state index contributed by atoms with van der Waals surface area (Å²) >= 11 is 3.08. The molecule has 1 aromatic carbocycles. The predicted octanol–water partition coefficient (Wildman–Crippen LogP) is 2.47. The smallest absolute Gasteiger partial charge is 0.141 e. The van der Waals surface area contributed by atoms with Crippen LogP contribution in [-0.2, 0) is 0 Å². The summed E-state index contributed by atoms with van der Waals surface area (Å²) in [5, 5.41) is 3.05. The van der Waals surface area contributed by atoms with Crippen LogP contribution < -0.4 is 5.32 Å². The van der Waals surface area contributed by atoms with Crippen LogP contribution in [0.15, 0.2) is 21.6 Å². The van der Waals surface area contributed by atoms with Crippen molar-refractivity contribution in [1.82, 2.24) is 5.32 Å². The number of hydrogen-bond donors (Lipinski definition) is 1. The zero-order valence-electron chi connectivity index (χ0n) is 8.02. The third kappa shape index (κ3) is 2.02. The molecule has 1 heterocycles. The SMILES string of the molecule is CC1CN=C(c2cc(F)cc(F)c2Br)N1. The average molecular weight is 275 g/mol. The van der Waals surface area contributed by atoms with Gasteiger partial charge in [0.2, 0.25) is 0 Å². The van der Waals surface area contributed by atoms with Gasteiger partial charge in [0.1, 0.15) is 17.5 Å². The molecule has 0 aromatic heterocycles. The molecule has 80 valence electrons. The Balaban J connectivity index is 2.44. The summed E-state index contributed by atoms with van der Waals surface area (Å²) < 4.78 is 26.5. The van der Waals surface area contributed by atoms with Crippen molar-refractivity contribution in [2.24, 2.45) is 4.99 Å². The third-order valence-electron chi connectivity index (χ3n) is 2.15. The van der Waals surface area contributed by atoms with Crippen LogP contribution >= 0.6 is 15.9 Å². The van der Waals surface area contributed by atoms with E-state index in [2.05, 4.69) is 26.2 Å². The van der Waals surface area contributed by atoms with Crippen LogP contribution in [0.5, 0.6) is 0 Å². The lowest BCUT2D eigenvalue weighted by atomic mass is 10.2. The first-order chi connectivity index (χ1) is 7.08. The van der Waals surface area contributed by atoms with E-state index >= 15 is 0 Å². The molecule has 1 aliphatic rings. The number of nitrogens with zero attached hydrogens (tertiary/aromatic N) is 1.